The molecule has 0 atom stereocenters. The van der Waals surface area contributed by atoms with Crippen molar-refractivity contribution in [3.05, 3.63) is 0 Å². The molecule has 0 saturated heterocycles. The van der Waals surface area contributed by atoms with E-state index in [0.29, 0.717) is 0 Å². The topological polar surface area (TPSA) is 55.4 Å². The van der Waals surface area contributed by atoms with Crippen LogP contribution in [0.4, 0.5) is 0 Å². The lowest BCUT2D eigenvalue weighted by atomic mass is 9.67. The molecular weight excluding hydrogens is 242 g/mol. The number of nitrogens with one attached hydrogen (secondary N) is 1. The second-order valence-corrected chi connectivity index (χ2v) is 7.48. The SMILES string of the molecule is CC(C)(C)OCC(=O)NCC(=O)C(C)(C)C(C)(C)C. The molecular formula is C15H29NO3. The zero-order valence-corrected chi connectivity index (χ0v) is 13.6. The van der Waals surface area contributed by atoms with Crippen molar-refractivity contribution in [1.29, 1.82) is 0 Å². The van der Waals surface area contributed by atoms with Gasteiger partial charge in [-0.15, -0.1) is 0 Å². The van der Waals surface area contributed by atoms with Crippen LogP contribution in [0.2, 0.25) is 0 Å². The van der Waals surface area contributed by atoms with E-state index < -0.39 is 5.41 Å². The van der Waals surface area contributed by atoms with Crippen molar-refractivity contribution in [3.8, 4) is 0 Å². The van der Waals surface area contributed by atoms with Crippen molar-refractivity contribution in [2.75, 3.05) is 13.2 Å². The van der Waals surface area contributed by atoms with Crippen LogP contribution in [0.5, 0.6) is 0 Å². The van der Waals surface area contributed by atoms with E-state index in [1.165, 1.54) is 0 Å². The van der Waals surface area contributed by atoms with Crippen molar-refractivity contribution in [2.24, 2.45) is 10.8 Å². The fraction of sp³-hybridized carbons (Fsp3) is 0.867. The molecule has 112 valence electrons. The van der Waals surface area contributed by atoms with Gasteiger partial charge in [-0.05, 0) is 26.2 Å². The van der Waals surface area contributed by atoms with Crippen molar-refractivity contribution >= 4 is 11.7 Å². The number of ketones is 1. The Morgan fingerprint density at radius 2 is 1.42 bits per heavy atom. The Balaban J connectivity index is 4.28. The number of Topliss-reactive ketones (excluding diaryl/α,β-unsaturated/α-hetero) is 1. The monoisotopic (exact) mass is 271 g/mol. The van der Waals surface area contributed by atoms with Crippen LogP contribution in [0.1, 0.15) is 55.4 Å². The second-order valence-electron chi connectivity index (χ2n) is 7.48. The molecule has 0 heterocycles. The van der Waals surface area contributed by atoms with Crippen molar-refractivity contribution in [2.45, 2.75) is 61.0 Å². The van der Waals surface area contributed by atoms with E-state index in [0.717, 1.165) is 0 Å². The Bertz CT molecular complexity index is 332. The molecule has 0 aliphatic heterocycles. The van der Waals surface area contributed by atoms with Gasteiger partial charge in [-0.25, -0.2) is 0 Å². The van der Waals surface area contributed by atoms with E-state index in [-0.39, 0.29) is 35.9 Å². The van der Waals surface area contributed by atoms with E-state index in [2.05, 4.69) is 5.32 Å². The molecule has 0 unspecified atom stereocenters. The predicted octanol–water partition coefficient (Wildman–Crippen LogP) is 2.56. The third kappa shape index (κ3) is 6.19. The van der Waals surface area contributed by atoms with E-state index in [1.54, 1.807) is 0 Å². The average molecular weight is 271 g/mol. The summed E-state index contributed by atoms with van der Waals surface area (Å²) in [5, 5.41) is 2.62. The Morgan fingerprint density at radius 1 is 0.947 bits per heavy atom. The molecule has 0 bridgehead atoms. The summed E-state index contributed by atoms with van der Waals surface area (Å²) in [7, 11) is 0. The molecule has 0 aromatic carbocycles. The van der Waals surface area contributed by atoms with Crippen LogP contribution in [-0.4, -0.2) is 30.4 Å². The molecule has 1 amide bonds. The van der Waals surface area contributed by atoms with Crippen molar-refractivity contribution in [3.63, 3.8) is 0 Å². The van der Waals surface area contributed by atoms with Crippen LogP contribution < -0.4 is 5.32 Å². The number of ether oxygens (including phenoxy) is 1. The summed E-state index contributed by atoms with van der Waals surface area (Å²) >= 11 is 0. The summed E-state index contributed by atoms with van der Waals surface area (Å²) in [6.45, 7) is 15.6. The lowest BCUT2D eigenvalue weighted by molar-refractivity contribution is -0.136. The van der Waals surface area contributed by atoms with Gasteiger partial charge in [0.2, 0.25) is 5.91 Å². The fourth-order valence-electron chi connectivity index (χ4n) is 1.15. The van der Waals surface area contributed by atoms with Gasteiger partial charge in [0.1, 0.15) is 6.61 Å². The van der Waals surface area contributed by atoms with Gasteiger partial charge < -0.3 is 10.1 Å². The maximum atomic E-state index is 12.2. The molecule has 0 radical (unpaired) electrons. The fourth-order valence-corrected chi connectivity index (χ4v) is 1.15. The number of rotatable bonds is 5. The van der Waals surface area contributed by atoms with Gasteiger partial charge in [0.05, 0.1) is 12.1 Å². The van der Waals surface area contributed by atoms with Crippen LogP contribution in [0.15, 0.2) is 0 Å². The largest absolute Gasteiger partial charge is 0.366 e. The standard InChI is InChI=1S/C15H29NO3/c1-13(2,3)15(7,8)11(17)9-16-12(18)10-19-14(4,5)6/h9-10H2,1-8H3,(H,16,18). The van der Waals surface area contributed by atoms with Crippen LogP contribution in [0.3, 0.4) is 0 Å². The minimum atomic E-state index is -0.481. The highest BCUT2D eigenvalue weighted by molar-refractivity contribution is 5.90. The molecule has 0 spiro atoms. The van der Waals surface area contributed by atoms with Crippen LogP contribution in [-0.2, 0) is 14.3 Å². The van der Waals surface area contributed by atoms with E-state index in [1.807, 2.05) is 55.4 Å². The second kappa shape index (κ2) is 6.04. The molecule has 0 aromatic heterocycles. The molecule has 0 fully saturated rings. The van der Waals surface area contributed by atoms with Crippen molar-refractivity contribution < 1.29 is 14.3 Å². The van der Waals surface area contributed by atoms with Crippen LogP contribution in [0.25, 0.3) is 0 Å². The Labute approximate surface area is 117 Å². The molecule has 1 N–H and O–H groups in total. The third-order valence-electron chi connectivity index (χ3n) is 3.65. The summed E-state index contributed by atoms with van der Waals surface area (Å²) in [6.07, 6.45) is 0. The first-order valence-corrected chi connectivity index (χ1v) is 6.71. The Kier molecular flexibility index (Phi) is 5.75. The summed E-state index contributed by atoms with van der Waals surface area (Å²) in [4.78, 5) is 23.7. The quantitative estimate of drug-likeness (QED) is 0.836. The number of carbonyl (C=O) groups is 2. The van der Waals surface area contributed by atoms with E-state index in [9.17, 15) is 9.59 Å². The summed E-state index contributed by atoms with van der Waals surface area (Å²) in [5.74, 6) is -0.225. The van der Waals surface area contributed by atoms with Crippen LogP contribution in [0, 0.1) is 10.8 Å². The minimum Gasteiger partial charge on any atom is -0.366 e. The number of hydrogen-bond donors (Lipinski definition) is 1. The number of carbonyl (C=O) groups excluding carboxylic acids is 2. The molecule has 0 rings (SSSR count). The van der Waals surface area contributed by atoms with Gasteiger partial charge in [-0.2, -0.15) is 0 Å². The molecule has 0 aromatic rings. The molecule has 4 nitrogen and oxygen atoms in total. The van der Waals surface area contributed by atoms with Gasteiger partial charge in [-0.3, -0.25) is 9.59 Å². The molecule has 19 heavy (non-hydrogen) atoms. The van der Waals surface area contributed by atoms with Gasteiger partial charge in [-0.1, -0.05) is 34.6 Å². The smallest absolute Gasteiger partial charge is 0.246 e. The normalized spacial score (nSPS) is 13.3. The molecule has 4 heteroatoms. The maximum absolute atomic E-state index is 12.2. The minimum absolute atomic E-state index is 0.0211. The summed E-state index contributed by atoms with van der Waals surface area (Å²) in [6, 6.07) is 0. The van der Waals surface area contributed by atoms with Gasteiger partial charge in [0, 0.05) is 5.41 Å². The highest BCUT2D eigenvalue weighted by Crippen LogP contribution is 2.38. The van der Waals surface area contributed by atoms with Crippen molar-refractivity contribution in [1.82, 2.24) is 5.32 Å². The first kappa shape index (κ1) is 18.1. The lowest BCUT2D eigenvalue weighted by Gasteiger charge is -2.37. The first-order chi connectivity index (χ1) is 8.27. The number of hydrogen-bond acceptors (Lipinski definition) is 3. The van der Waals surface area contributed by atoms with Gasteiger partial charge in [0.15, 0.2) is 5.78 Å². The zero-order chi connectivity index (χ0) is 15.5. The Morgan fingerprint density at radius 3 is 1.79 bits per heavy atom. The van der Waals surface area contributed by atoms with Crippen LogP contribution >= 0.6 is 0 Å². The van der Waals surface area contributed by atoms with E-state index >= 15 is 0 Å². The maximum Gasteiger partial charge on any atom is 0.246 e. The molecule has 0 aliphatic rings. The molecule has 0 saturated carbocycles. The van der Waals surface area contributed by atoms with E-state index in [4.69, 9.17) is 4.74 Å². The Hall–Kier alpha value is -0.900. The average Bonchev–Trinajstić information content (AvgIpc) is 2.20. The summed E-state index contributed by atoms with van der Waals surface area (Å²) in [5.41, 5.74) is -0.978. The van der Waals surface area contributed by atoms with Gasteiger partial charge in [0.25, 0.3) is 0 Å². The first-order valence-electron chi connectivity index (χ1n) is 6.71. The summed E-state index contributed by atoms with van der Waals surface area (Å²) < 4.78 is 5.35. The van der Waals surface area contributed by atoms with Gasteiger partial charge >= 0.3 is 0 Å². The highest BCUT2D eigenvalue weighted by atomic mass is 16.5. The predicted molar refractivity (Wildman–Crippen MR) is 77.0 cm³/mol. The zero-order valence-electron chi connectivity index (χ0n) is 13.6. The number of amides is 1. The highest BCUT2D eigenvalue weighted by Gasteiger charge is 2.39. The lowest BCUT2D eigenvalue weighted by Crippen LogP contribution is -2.44. The molecule has 0 aliphatic carbocycles. The third-order valence-corrected chi connectivity index (χ3v) is 3.65.